The number of nitrogens with zero attached hydrogens (tertiary/aromatic N) is 3. The summed E-state index contributed by atoms with van der Waals surface area (Å²) >= 11 is 2.61. The molecule has 0 aliphatic carbocycles. The third kappa shape index (κ3) is 3.02. The van der Waals surface area contributed by atoms with Crippen LogP contribution in [0.1, 0.15) is 19.4 Å². The highest BCUT2D eigenvalue weighted by Gasteiger charge is 2.27. The Morgan fingerprint density at radius 3 is 2.14 bits per heavy atom. The summed E-state index contributed by atoms with van der Waals surface area (Å²) < 4.78 is 0.530. The van der Waals surface area contributed by atoms with Crippen molar-refractivity contribution in [2.75, 3.05) is 0 Å². The van der Waals surface area contributed by atoms with Crippen LogP contribution in [0.2, 0.25) is 0 Å². The van der Waals surface area contributed by atoms with Crippen molar-refractivity contribution in [2.45, 2.75) is 13.8 Å². The third-order valence-corrected chi connectivity index (χ3v) is 5.53. The van der Waals surface area contributed by atoms with E-state index in [4.69, 9.17) is 0 Å². The first kappa shape index (κ1) is 16.2. The molecule has 0 fully saturated rings. The van der Waals surface area contributed by atoms with Crippen LogP contribution in [0.4, 0.5) is 11.4 Å². The predicted molar refractivity (Wildman–Crippen MR) is 86.0 cm³/mol. The van der Waals surface area contributed by atoms with E-state index in [9.17, 15) is 25.1 Å². The zero-order chi connectivity index (χ0) is 16.4. The Hall–Kier alpha value is -2.20. The lowest BCUT2D eigenvalue weighted by Crippen LogP contribution is -1.97. The summed E-state index contributed by atoms with van der Waals surface area (Å²) in [7, 11) is 0. The summed E-state index contributed by atoms with van der Waals surface area (Å²) in [6.07, 6.45) is 0. The Labute approximate surface area is 132 Å². The van der Waals surface area contributed by atoms with Crippen LogP contribution in [-0.4, -0.2) is 9.85 Å². The second kappa shape index (κ2) is 6.28. The number of benzene rings is 1. The second-order valence-electron chi connectivity index (χ2n) is 4.26. The molecule has 2 rings (SSSR count). The van der Waals surface area contributed by atoms with Crippen LogP contribution in [0.3, 0.4) is 0 Å². The number of nitro groups is 2. The SMILES string of the molecule is CC1=C(C)SC(=C(N=O)c2ccc([N+](=O)[O-])cc2[N+](=O)[O-])S1. The van der Waals surface area contributed by atoms with E-state index >= 15 is 0 Å². The summed E-state index contributed by atoms with van der Waals surface area (Å²) in [4.78, 5) is 33.5. The van der Waals surface area contributed by atoms with Crippen LogP contribution in [0.25, 0.3) is 5.70 Å². The molecule has 0 saturated carbocycles. The van der Waals surface area contributed by atoms with Gasteiger partial charge in [-0.2, -0.15) is 0 Å². The molecule has 1 aliphatic rings. The maximum Gasteiger partial charge on any atom is 0.285 e. The van der Waals surface area contributed by atoms with Gasteiger partial charge in [0.15, 0.2) is 0 Å². The summed E-state index contributed by atoms with van der Waals surface area (Å²) in [5.41, 5.74) is -1.03. The van der Waals surface area contributed by atoms with Crippen LogP contribution in [0.15, 0.2) is 37.4 Å². The van der Waals surface area contributed by atoms with E-state index in [1.807, 2.05) is 13.8 Å². The van der Waals surface area contributed by atoms with Crippen molar-refractivity contribution in [3.63, 3.8) is 0 Å². The van der Waals surface area contributed by atoms with Gasteiger partial charge in [-0.1, -0.05) is 23.5 Å². The minimum Gasteiger partial charge on any atom is -0.258 e. The fourth-order valence-corrected chi connectivity index (χ4v) is 4.22. The van der Waals surface area contributed by atoms with Gasteiger partial charge in [-0.15, -0.1) is 4.91 Å². The molecule has 0 unspecified atom stereocenters. The van der Waals surface area contributed by atoms with Crippen molar-refractivity contribution in [3.05, 3.63) is 62.9 Å². The average Bonchev–Trinajstić information content (AvgIpc) is 2.79. The molecular formula is C12H9N3O5S2. The molecule has 114 valence electrons. The smallest absolute Gasteiger partial charge is 0.258 e. The van der Waals surface area contributed by atoms with Crippen molar-refractivity contribution in [3.8, 4) is 0 Å². The van der Waals surface area contributed by atoms with Crippen molar-refractivity contribution in [2.24, 2.45) is 5.18 Å². The first-order valence-electron chi connectivity index (χ1n) is 5.89. The number of non-ortho nitro benzene ring substituents is 1. The second-order valence-corrected chi connectivity index (χ2v) is 6.97. The summed E-state index contributed by atoms with van der Waals surface area (Å²) in [6, 6.07) is 3.13. The molecular weight excluding hydrogens is 330 g/mol. The zero-order valence-electron chi connectivity index (χ0n) is 11.4. The molecule has 1 aromatic rings. The number of rotatable bonds is 4. The van der Waals surface area contributed by atoms with Gasteiger partial charge >= 0.3 is 0 Å². The van der Waals surface area contributed by atoms with Crippen LogP contribution in [0.5, 0.6) is 0 Å². The number of thioether (sulfide) groups is 2. The first-order valence-corrected chi connectivity index (χ1v) is 7.52. The molecule has 22 heavy (non-hydrogen) atoms. The van der Waals surface area contributed by atoms with Gasteiger partial charge in [-0.25, -0.2) is 0 Å². The number of nitro benzene ring substituents is 2. The molecule has 0 radical (unpaired) electrons. The lowest BCUT2D eigenvalue weighted by molar-refractivity contribution is -0.394. The fraction of sp³-hybridized carbons (Fsp3) is 0.167. The normalized spacial score (nSPS) is 14.2. The molecule has 1 heterocycles. The minimum absolute atomic E-state index is 0.0249. The maximum atomic E-state index is 11.2. The van der Waals surface area contributed by atoms with Crippen molar-refractivity contribution >= 4 is 40.6 Å². The van der Waals surface area contributed by atoms with Crippen molar-refractivity contribution < 1.29 is 9.85 Å². The Morgan fingerprint density at radius 1 is 1.09 bits per heavy atom. The van der Waals surface area contributed by atoms with Gasteiger partial charge in [0.2, 0.25) is 0 Å². The van der Waals surface area contributed by atoms with E-state index in [0.29, 0.717) is 4.24 Å². The molecule has 0 atom stereocenters. The minimum atomic E-state index is -0.758. The molecule has 0 saturated heterocycles. The summed E-state index contributed by atoms with van der Waals surface area (Å²) in [6.45, 7) is 3.74. The monoisotopic (exact) mass is 339 g/mol. The van der Waals surface area contributed by atoms with Gasteiger partial charge < -0.3 is 0 Å². The summed E-state index contributed by atoms with van der Waals surface area (Å²) in [5.74, 6) is 0. The lowest BCUT2D eigenvalue weighted by Gasteiger charge is -2.04. The van der Waals surface area contributed by atoms with Gasteiger partial charge in [0.1, 0.15) is 5.70 Å². The number of hydrogen-bond donors (Lipinski definition) is 0. The third-order valence-electron chi connectivity index (χ3n) is 2.92. The van der Waals surface area contributed by atoms with Crippen molar-refractivity contribution in [1.82, 2.24) is 0 Å². The van der Waals surface area contributed by atoms with Gasteiger partial charge in [0.25, 0.3) is 11.4 Å². The average molecular weight is 339 g/mol. The van der Waals surface area contributed by atoms with E-state index in [1.165, 1.54) is 29.6 Å². The van der Waals surface area contributed by atoms with E-state index in [-0.39, 0.29) is 11.3 Å². The van der Waals surface area contributed by atoms with E-state index in [0.717, 1.165) is 21.9 Å². The van der Waals surface area contributed by atoms with E-state index < -0.39 is 21.2 Å². The largest absolute Gasteiger partial charge is 0.285 e. The highest BCUT2D eigenvalue weighted by molar-refractivity contribution is 8.28. The Balaban J connectivity index is 2.60. The van der Waals surface area contributed by atoms with E-state index in [2.05, 4.69) is 5.18 Å². The lowest BCUT2D eigenvalue weighted by atomic mass is 10.1. The Kier molecular flexibility index (Phi) is 4.62. The zero-order valence-corrected chi connectivity index (χ0v) is 13.1. The number of hydrogen-bond acceptors (Lipinski definition) is 8. The first-order chi connectivity index (χ1) is 10.3. The van der Waals surface area contributed by atoms with Crippen molar-refractivity contribution in [1.29, 1.82) is 0 Å². The Morgan fingerprint density at radius 2 is 1.68 bits per heavy atom. The maximum absolute atomic E-state index is 11.2. The molecule has 0 N–H and O–H groups in total. The van der Waals surface area contributed by atoms with Crippen LogP contribution in [0, 0.1) is 25.1 Å². The molecule has 1 aliphatic heterocycles. The van der Waals surface area contributed by atoms with E-state index in [1.54, 1.807) is 0 Å². The van der Waals surface area contributed by atoms with Crippen LogP contribution < -0.4 is 0 Å². The molecule has 0 bridgehead atoms. The van der Waals surface area contributed by atoms with Crippen LogP contribution in [-0.2, 0) is 0 Å². The summed E-state index contributed by atoms with van der Waals surface area (Å²) in [5, 5.41) is 24.8. The molecule has 0 spiro atoms. The number of allylic oxidation sites excluding steroid dienone is 2. The standard InChI is InChI=1S/C12H9N3O5S2/c1-6-7(2)22-12(21-6)11(13-16)9-4-3-8(14(17)18)5-10(9)15(19)20/h3-5H,1-2H3. The molecule has 8 nitrogen and oxygen atoms in total. The molecule has 0 aromatic heterocycles. The highest BCUT2D eigenvalue weighted by Crippen LogP contribution is 2.52. The van der Waals surface area contributed by atoms with Gasteiger partial charge in [-0.05, 0) is 34.9 Å². The topological polar surface area (TPSA) is 116 Å². The van der Waals surface area contributed by atoms with Gasteiger partial charge in [0, 0.05) is 6.07 Å². The Bertz CT molecular complexity index is 741. The molecule has 1 aromatic carbocycles. The molecule has 10 heteroatoms. The predicted octanol–water partition coefficient (Wildman–Crippen LogP) is 4.63. The van der Waals surface area contributed by atoms with Gasteiger partial charge in [0.05, 0.1) is 25.7 Å². The van der Waals surface area contributed by atoms with Gasteiger partial charge in [-0.3, -0.25) is 20.2 Å². The van der Waals surface area contributed by atoms with Crippen LogP contribution >= 0.6 is 23.5 Å². The number of nitroso groups, excluding NO2 is 1. The highest BCUT2D eigenvalue weighted by atomic mass is 32.2. The fourth-order valence-electron chi connectivity index (χ4n) is 1.72. The molecule has 0 amide bonds. The quantitative estimate of drug-likeness (QED) is 0.446.